The summed E-state index contributed by atoms with van der Waals surface area (Å²) in [7, 11) is 3.37. The van der Waals surface area contributed by atoms with Crippen LogP contribution in [0.4, 0.5) is 5.82 Å². The van der Waals surface area contributed by atoms with E-state index in [-0.39, 0.29) is 12.5 Å². The highest BCUT2D eigenvalue weighted by molar-refractivity contribution is 9.10. The van der Waals surface area contributed by atoms with E-state index >= 15 is 0 Å². The van der Waals surface area contributed by atoms with Crippen LogP contribution < -0.4 is 5.32 Å². The second-order valence-corrected chi connectivity index (χ2v) is 5.83. The zero-order chi connectivity index (χ0) is 13.9. The number of rotatable bonds is 4. The summed E-state index contributed by atoms with van der Waals surface area (Å²) >= 11 is 3.30. The van der Waals surface area contributed by atoms with Gasteiger partial charge in [-0.25, -0.2) is 4.98 Å². The SMILES string of the molecule is CN(C)C(=O)c1cc(Br)cnc1NC(C)(C)CO. The van der Waals surface area contributed by atoms with Gasteiger partial charge in [0.15, 0.2) is 0 Å². The molecule has 1 rings (SSSR count). The molecule has 100 valence electrons. The zero-order valence-electron chi connectivity index (χ0n) is 11.0. The van der Waals surface area contributed by atoms with Crippen molar-refractivity contribution in [3.8, 4) is 0 Å². The standard InChI is InChI=1S/C12H18BrN3O2/c1-12(2,7-17)15-10-9(11(18)16(3)4)5-8(13)6-14-10/h5-6,17H,7H2,1-4H3,(H,14,15). The van der Waals surface area contributed by atoms with Gasteiger partial charge in [-0.2, -0.15) is 0 Å². The van der Waals surface area contributed by atoms with Crippen molar-refractivity contribution in [2.45, 2.75) is 19.4 Å². The second-order valence-electron chi connectivity index (χ2n) is 4.92. The molecule has 0 saturated carbocycles. The molecule has 2 N–H and O–H groups in total. The summed E-state index contributed by atoms with van der Waals surface area (Å²) in [6, 6.07) is 1.71. The van der Waals surface area contributed by atoms with E-state index in [9.17, 15) is 9.90 Å². The summed E-state index contributed by atoms with van der Waals surface area (Å²) in [5.74, 6) is 0.330. The smallest absolute Gasteiger partial charge is 0.257 e. The molecule has 0 radical (unpaired) electrons. The fraction of sp³-hybridized carbons (Fsp3) is 0.500. The van der Waals surface area contributed by atoms with E-state index in [1.165, 1.54) is 4.90 Å². The van der Waals surface area contributed by atoms with Gasteiger partial charge in [0.05, 0.1) is 17.7 Å². The summed E-state index contributed by atoms with van der Waals surface area (Å²) in [5, 5.41) is 12.3. The third kappa shape index (κ3) is 3.68. The number of nitrogens with zero attached hydrogens (tertiary/aromatic N) is 2. The van der Waals surface area contributed by atoms with Gasteiger partial charge in [0.2, 0.25) is 0 Å². The van der Waals surface area contributed by atoms with Crippen molar-refractivity contribution < 1.29 is 9.90 Å². The van der Waals surface area contributed by atoms with Crippen molar-refractivity contribution in [1.29, 1.82) is 0 Å². The molecule has 0 aromatic carbocycles. The Labute approximate surface area is 115 Å². The quantitative estimate of drug-likeness (QED) is 0.888. The van der Waals surface area contributed by atoms with Gasteiger partial charge >= 0.3 is 0 Å². The number of nitrogens with one attached hydrogen (secondary N) is 1. The molecule has 0 atom stereocenters. The number of hydrogen-bond acceptors (Lipinski definition) is 4. The number of halogens is 1. The first kappa shape index (κ1) is 14.9. The maximum Gasteiger partial charge on any atom is 0.257 e. The van der Waals surface area contributed by atoms with Crippen molar-refractivity contribution in [3.63, 3.8) is 0 Å². The molecule has 0 unspecified atom stereocenters. The number of carbonyl (C=O) groups is 1. The largest absolute Gasteiger partial charge is 0.394 e. The van der Waals surface area contributed by atoms with Crippen molar-refractivity contribution >= 4 is 27.7 Å². The molecular formula is C12H18BrN3O2. The van der Waals surface area contributed by atoms with E-state index in [4.69, 9.17) is 0 Å². The lowest BCUT2D eigenvalue weighted by atomic mass is 10.1. The lowest BCUT2D eigenvalue weighted by Gasteiger charge is -2.26. The molecule has 0 aliphatic carbocycles. The number of amides is 1. The molecule has 0 spiro atoms. The first-order chi connectivity index (χ1) is 8.26. The van der Waals surface area contributed by atoms with Crippen LogP contribution in [0, 0.1) is 0 Å². The highest BCUT2D eigenvalue weighted by Gasteiger charge is 2.21. The van der Waals surface area contributed by atoms with Gasteiger partial charge in [0.25, 0.3) is 5.91 Å². The van der Waals surface area contributed by atoms with Gasteiger partial charge in [-0.15, -0.1) is 0 Å². The van der Waals surface area contributed by atoms with Crippen LogP contribution in [0.2, 0.25) is 0 Å². The Kier molecular flexibility index (Phi) is 4.70. The Balaban J connectivity index is 3.16. The zero-order valence-corrected chi connectivity index (χ0v) is 12.6. The minimum absolute atomic E-state index is 0.0552. The number of anilines is 1. The summed E-state index contributed by atoms with van der Waals surface area (Å²) in [4.78, 5) is 17.7. The molecule has 18 heavy (non-hydrogen) atoms. The van der Waals surface area contributed by atoms with Crippen LogP contribution in [0.5, 0.6) is 0 Å². The number of pyridine rings is 1. The van der Waals surface area contributed by atoms with Crippen molar-refractivity contribution in [3.05, 3.63) is 22.3 Å². The molecule has 0 bridgehead atoms. The summed E-state index contributed by atoms with van der Waals surface area (Å²) in [5.41, 5.74) is -0.0711. The maximum atomic E-state index is 12.1. The van der Waals surface area contributed by atoms with Crippen LogP contribution in [0.1, 0.15) is 24.2 Å². The minimum atomic E-state index is -0.540. The Morgan fingerprint density at radius 2 is 2.17 bits per heavy atom. The van der Waals surface area contributed by atoms with Gasteiger partial charge in [-0.1, -0.05) is 0 Å². The number of carbonyl (C=O) groups excluding carboxylic acids is 1. The van der Waals surface area contributed by atoms with Crippen LogP contribution >= 0.6 is 15.9 Å². The normalized spacial score (nSPS) is 11.2. The molecule has 0 aliphatic heterocycles. The predicted molar refractivity (Wildman–Crippen MR) is 74.7 cm³/mol. The van der Waals surface area contributed by atoms with E-state index < -0.39 is 5.54 Å². The van der Waals surface area contributed by atoms with E-state index in [0.29, 0.717) is 11.4 Å². The number of aliphatic hydroxyl groups is 1. The molecule has 6 heteroatoms. The van der Waals surface area contributed by atoms with Gasteiger partial charge in [0, 0.05) is 24.8 Å². The summed E-state index contributed by atoms with van der Waals surface area (Å²) < 4.78 is 0.736. The Morgan fingerprint density at radius 3 is 2.67 bits per heavy atom. The summed E-state index contributed by atoms with van der Waals surface area (Å²) in [6.07, 6.45) is 1.61. The maximum absolute atomic E-state index is 12.1. The van der Waals surface area contributed by atoms with E-state index in [0.717, 1.165) is 4.47 Å². The Morgan fingerprint density at radius 1 is 1.56 bits per heavy atom. The molecule has 1 heterocycles. The van der Waals surface area contributed by atoms with Crippen LogP contribution in [0.25, 0.3) is 0 Å². The first-order valence-corrected chi connectivity index (χ1v) is 6.32. The molecule has 0 saturated heterocycles. The average Bonchev–Trinajstić information content (AvgIpc) is 2.30. The number of aliphatic hydroxyl groups excluding tert-OH is 1. The van der Waals surface area contributed by atoms with Crippen LogP contribution in [0.3, 0.4) is 0 Å². The molecule has 5 nitrogen and oxygen atoms in total. The highest BCUT2D eigenvalue weighted by atomic mass is 79.9. The van der Waals surface area contributed by atoms with E-state index in [1.54, 1.807) is 26.4 Å². The minimum Gasteiger partial charge on any atom is -0.394 e. The highest BCUT2D eigenvalue weighted by Crippen LogP contribution is 2.22. The fourth-order valence-electron chi connectivity index (χ4n) is 1.30. The van der Waals surface area contributed by atoms with Gasteiger partial charge in [-0.05, 0) is 35.8 Å². The topological polar surface area (TPSA) is 65.5 Å². The lowest BCUT2D eigenvalue weighted by molar-refractivity contribution is 0.0828. The molecule has 1 aromatic rings. The van der Waals surface area contributed by atoms with Gasteiger partial charge in [-0.3, -0.25) is 4.79 Å². The number of aromatic nitrogens is 1. The third-order valence-electron chi connectivity index (χ3n) is 2.34. The molecule has 0 aliphatic rings. The Bertz CT molecular complexity index is 447. The fourth-order valence-corrected chi connectivity index (χ4v) is 1.63. The first-order valence-electron chi connectivity index (χ1n) is 5.53. The molecule has 1 amide bonds. The van der Waals surface area contributed by atoms with Crippen LogP contribution in [0.15, 0.2) is 16.7 Å². The Hall–Kier alpha value is -1.14. The lowest BCUT2D eigenvalue weighted by Crippen LogP contribution is -2.36. The van der Waals surface area contributed by atoms with Crippen LogP contribution in [-0.2, 0) is 0 Å². The summed E-state index contributed by atoms with van der Waals surface area (Å²) in [6.45, 7) is 3.61. The van der Waals surface area contributed by atoms with Gasteiger partial charge < -0.3 is 15.3 Å². The molecular weight excluding hydrogens is 298 g/mol. The van der Waals surface area contributed by atoms with Crippen molar-refractivity contribution in [2.24, 2.45) is 0 Å². The second kappa shape index (κ2) is 5.67. The van der Waals surface area contributed by atoms with Crippen LogP contribution in [-0.4, -0.2) is 47.1 Å². The predicted octanol–water partition coefficient (Wildman–Crippen LogP) is 1.73. The van der Waals surface area contributed by atoms with E-state index in [1.807, 2.05) is 13.8 Å². The monoisotopic (exact) mass is 315 g/mol. The third-order valence-corrected chi connectivity index (χ3v) is 2.78. The van der Waals surface area contributed by atoms with Gasteiger partial charge in [0.1, 0.15) is 5.82 Å². The molecule has 1 aromatic heterocycles. The van der Waals surface area contributed by atoms with E-state index in [2.05, 4.69) is 26.2 Å². The molecule has 0 fully saturated rings. The van der Waals surface area contributed by atoms with Crippen molar-refractivity contribution in [2.75, 3.05) is 26.0 Å². The average molecular weight is 316 g/mol. The number of hydrogen-bond donors (Lipinski definition) is 2. The van der Waals surface area contributed by atoms with Crippen molar-refractivity contribution in [1.82, 2.24) is 9.88 Å².